The topological polar surface area (TPSA) is 101 Å². The van der Waals surface area contributed by atoms with Crippen molar-refractivity contribution in [2.75, 3.05) is 19.8 Å². The van der Waals surface area contributed by atoms with E-state index < -0.39 is 40.0 Å². The highest BCUT2D eigenvalue weighted by atomic mass is 16.7. The van der Waals surface area contributed by atoms with Gasteiger partial charge in [-0.3, -0.25) is 9.59 Å². The number of ether oxygens (including phenoxy) is 5. The van der Waals surface area contributed by atoms with Crippen molar-refractivity contribution in [3.05, 3.63) is 0 Å². The first-order valence-corrected chi connectivity index (χ1v) is 11.2. The van der Waals surface area contributed by atoms with Crippen molar-refractivity contribution in [2.45, 2.75) is 88.0 Å². The molecule has 4 spiro atoms. The van der Waals surface area contributed by atoms with Gasteiger partial charge in [0.05, 0.1) is 24.2 Å². The van der Waals surface area contributed by atoms with Gasteiger partial charge in [-0.2, -0.15) is 0 Å². The fraction of sp³-hybridized carbons (Fsp3) is 0.909. The van der Waals surface area contributed by atoms with Gasteiger partial charge in [0.15, 0.2) is 6.29 Å². The molecule has 8 heteroatoms. The normalized spacial score (nSPS) is 56.2. The Morgan fingerprint density at radius 3 is 2.70 bits per heavy atom. The molecule has 6 aliphatic rings. The SMILES string of the molecule is CC(=O)O[C@@H]1C[C@]23COC(=O)[C@@]4(C)CCC[C@@](CO2)([C@@H]14)[C@@]31CC[C@@]2(CO[C@@H](O)C2)O1. The minimum Gasteiger partial charge on any atom is -0.462 e. The van der Waals surface area contributed by atoms with E-state index in [1.807, 2.05) is 6.92 Å². The van der Waals surface area contributed by atoms with Crippen molar-refractivity contribution in [2.24, 2.45) is 16.7 Å². The molecule has 0 aromatic heterocycles. The van der Waals surface area contributed by atoms with Gasteiger partial charge in [-0.15, -0.1) is 0 Å². The number of hydrogen-bond donors (Lipinski definition) is 1. The zero-order valence-corrected chi connectivity index (χ0v) is 17.6. The Bertz CT molecular complexity index is 815. The number of carbonyl (C=O) groups excluding carboxylic acids is 2. The molecule has 0 aromatic carbocycles. The average molecular weight is 422 g/mol. The second-order valence-electron chi connectivity index (χ2n) is 10.7. The number of carbonyl (C=O) groups is 2. The molecule has 1 N–H and O–H groups in total. The molecule has 0 amide bonds. The molecule has 8 nitrogen and oxygen atoms in total. The monoisotopic (exact) mass is 422 g/mol. The molecule has 4 saturated heterocycles. The van der Waals surface area contributed by atoms with Gasteiger partial charge in [0.25, 0.3) is 0 Å². The van der Waals surface area contributed by atoms with Crippen molar-refractivity contribution in [3.8, 4) is 0 Å². The summed E-state index contributed by atoms with van der Waals surface area (Å²) < 4.78 is 30.8. The Hall–Kier alpha value is -1.22. The number of aliphatic hydroxyl groups excluding tert-OH is 1. The van der Waals surface area contributed by atoms with Crippen LogP contribution in [0.25, 0.3) is 0 Å². The number of esters is 2. The van der Waals surface area contributed by atoms with Crippen molar-refractivity contribution < 1.29 is 38.4 Å². The third-order valence-corrected chi connectivity index (χ3v) is 9.28. The molecular formula is C22H30O8. The molecule has 166 valence electrons. The third-order valence-electron chi connectivity index (χ3n) is 9.28. The van der Waals surface area contributed by atoms with Crippen molar-refractivity contribution in [1.29, 1.82) is 0 Å². The predicted octanol–water partition coefficient (Wildman–Crippen LogP) is 1.47. The molecule has 3 bridgehead atoms. The van der Waals surface area contributed by atoms with E-state index in [9.17, 15) is 14.7 Å². The van der Waals surface area contributed by atoms with Crippen LogP contribution in [0.2, 0.25) is 0 Å². The van der Waals surface area contributed by atoms with Crippen LogP contribution in [0, 0.1) is 16.7 Å². The number of hydrogen-bond acceptors (Lipinski definition) is 8. The maximum absolute atomic E-state index is 13.2. The van der Waals surface area contributed by atoms with Gasteiger partial charge < -0.3 is 28.8 Å². The fourth-order valence-electron chi connectivity index (χ4n) is 8.29. The molecule has 4 aliphatic heterocycles. The highest BCUT2D eigenvalue weighted by Gasteiger charge is 2.84. The van der Waals surface area contributed by atoms with Crippen LogP contribution in [0.1, 0.15) is 58.8 Å². The number of rotatable bonds is 1. The molecule has 4 heterocycles. The third kappa shape index (κ3) is 2.07. The minimum atomic E-state index is -0.852. The highest BCUT2D eigenvalue weighted by molar-refractivity contribution is 5.78. The Labute approximate surface area is 175 Å². The van der Waals surface area contributed by atoms with Gasteiger partial charge >= 0.3 is 11.9 Å². The van der Waals surface area contributed by atoms with Gasteiger partial charge in [-0.05, 0) is 32.6 Å². The maximum atomic E-state index is 13.2. The average Bonchev–Trinajstić information content (AvgIpc) is 3.28. The molecule has 0 aromatic rings. The second kappa shape index (κ2) is 5.77. The molecule has 2 saturated carbocycles. The second-order valence-corrected chi connectivity index (χ2v) is 10.7. The molecule has 0 unspecified atom stereocenters. The Kier molecular flexibility index (Phi) is 3.74. The molecule has 6 rings (SSSR count). The van der Waals surface area contributed by atoms with Crippen molar-refractivity contribution in [1.82, 2.24) is 0 Å². The number of fused-ring (bicyclic) bond motifs is 1. The van der Waals surface area contributed by atoms with Gasteiger partial charge in [0.2, 0.25) is 0 Å². The van der Waals surface area contributed by atoms with Crippen LogP contribution in [-0.2, 0) is 33.3 Å². The fourth-order valence-corrected chi connectivity index (χ4v) is 8.29. The van der Waals surface area contributed by atoms with Crippen molar-refractivity contribution >= 4 is 11.9 Å². The molecule has 30 heavy (non-hydrogen) atoms. The number of aliphatic hydroxyl groups is 1. The minimum absolute atomic E-state index is 0.104. The van der Waals surface area contributed by atoms with Crippen LogP contribution in [0.5, 0.6) is 0 Å². The van der Waals surface area contributed by atoms with E-state index in [1.165, 1.54) is 6.92 Å². The lowest BCUT2D eigenvalue weighted by molar-refractivity contribution is -0.294. The molecule has 8 atom stereocenters. The molecule has 0 radical (unpaired) electrons. The van der Waals surface area contributed by atoms with Gasteiger partial charge in [-0.1, -0.05) is 6.42 Å². The van der Waals surface area contributed by atoms with Crippen molar-refractivity contribution in [3.63, 3.8) is 0 Å². The summed E-state index contributed by atoms with van der Waals surface area (Å²) in [6, 6.07) is 0. The van der Waals surface area contributed by atoms with Crippen LogP contribution in [0.4, 0.5) is 0 Å². The van der Waals surface area contributed by atoms with E-state index in [0.29, 0.717) is 32.5 Å². The summed E-state index contributed by atoms with van der Waals surface area (Å²) in [7, 11) is 0. The molecular weight excluding hydrogens is 392 g/mol. The summed E-state index contributed by atoms with van der Waals surface area (Å²) in [5, 5.41) is 10.1. The Morgan fingerprint density at radius 1 is 1.13 bits per heavy atom. The highest BCUT2D eigenvalue weighted by Crippen LogP contribution is 2.74. The predicted molar refractivity (Wildman–Crippen MR) is 100 cm³/mol. The van der Waals surface area contributed by atoms with Gasteiger partial charge in [0.1, 0.15) is 23.9 Å². The largest absolute Gasteiger partial charge is 0.462 e. The van der Waals surface area contributed by atoms with Gasteiger partial charge in [-0.25, -0.2) is 0 Å². The molecule has 6 fully saturated rings. The van der Waals surface area contributed by atoms with E-state index in [1.54, 1.807) is 0 Å². The summed E-state index contributed by atoms with van der Waals surface area (Å²) in [6.45, 7) is 4.33. The summed E-state index contributed by atoms with van der Waals surface area (Å²) >= 11 is 0. The quantitative estimate of drug-likeness (QED) is 0.634. The van der Waals surface area contributed by atoms with Crippen LogP contribution in [0.15, 0.2) is 0 Å². The van der Waals surface area contributed by atoms with E-state index in [0.717, 1.165) is 25.7 Å². The summed E-state index contributed by atoms with van der Waals surface area (Å²) in [6.07, 6.45) is 3.64. The summed E-state index contributed by atoms with van der Waals surface area (Å²) in [4.78, 5) is 25.2. The lowest BCUT2D eigenvalue weighted by atomic mass is 9.42. The standard InChI is InChI=1S/C22H30O8/c1-13(23)29-14-8-21-12-27-17(25)18(2)4-3-5-20(11-28-21,16(14)18)22(21)7-6-19(30-22)9-15(24)26-10-19/h14-16,24H,3-12H2,1-2H3/t14-,15-,16+,18+,19-,20-,21-,22+/m1/s1. The van der Waals surface area contributed by atoms with Crippen LogP contribution >= 0.6 is 0 Å². The van der Waals surface area contributed by atoms with Crippen LogP contribution in [-0.4, -0.2) is 66.1 Å². The first kappa shape index (κ1) is 19.5. The first-order chi connectivity index (χ1) is 14.2. The lowest BCUT2D eigenvalue weighted by Gasteiger charge is -2.65. The number of cyclic esters (lactones) is 1. The van der Waals surface area contributed by atoms with E-state index in [-0.39, 0.29) is 24.5 Å². The lowest BCUT2D eigenvalue weighted by Crippen LogP contribution is -2.75. The van der Waals surface area contributed by atoms with E-state index in [4.69, 9.17) is 23.7 Å². The van der Waals surface area contributed by atoms with E-state index >= 15 is 0 Å². The Morgan fingerprint density at radius 2 is 1.97 bits per heavy atom. The Balaban J connectivity index is 1.53. The maximum Gasteiger partial charge on any atom is 0.312 e. The van der Waals surface area contributed by atoms with Crippen LogP contribution in [0.3, 0.4) is 0 Å². The smallest absolute Gasteiger partial charge is 0.312 e. The summed E-state index contributed by atoms with van der Waals surface area (Å²) in [5.41, 5.74) is -3.22. The van der Waals surface area contributed by atoms with Crippen LogP contribution < -0.4 is 0 Å². The zero-order valence-electron chi connectivity index (χ0n) is 17.6. The van der Waals surface area contributed by atoms with Gasteiger partial charge in [0, 0.05) is 31.1 Å². The molecule has 2 aliphatic carbocycles. The summed E-state index contributed by atoms with van der Waals surface area (Å²) in [5.74, 6) is -0.780. The zero-order chi connectivity index (χ0) is 21.0. The van der Waals surface area contributed by atoms with E-state index in [2.05, 4.69) is 0 Å². The first-order valence-electron chi connectivity index (χ1n) is 11.2.